The fourth-order valence-corrected chi connectivity index (χ4v) is 3.54. The predicted octanol–water partition coefficient (Wildman–Crippen LogP) is 5.41. The van der Waals surface area contributed by atoms with Crippen molar-refractivity contribution in [3.8, 4) is 0 Å². The normalized spacial score (nSPS) is 15.8. The summed E-state index contributed by atoms with van der Waals surface area (Å²) in [5.74, 6) is -0.910. The van der Waals surface area contributed by atoms with Crippen LogP contribution in [0.5, 0.6) is 0 Å². The maximum Gasteiger partial charge on any atom is 0.320 e. The Morgan fingerprint density at radius 1 is 1.03 bits per heavy atom. The molecule has 0 aliphatic carbocycles. The minimum Gasteiger partial charge on any atom is -0.480 e. The molecule has 0 spiro atoms. The van der Waals surface area contributed by atoms with E-state index in [-0.39, 0.29) is 24.4 Å². The topological polar surface area (TPSA) is 75.8 Å². The molecule has 2 aromatic carbocycles. The van der Waals surface area contributed by atoms with Crippen LogP contribution < -0.4 is 5.73 Å². The Morgan fingerprint density at radius 3 is 2.09 bits per heavy atom. The lowest BCUT2D eigenvalue weighted by atomic mass is 10.0. The Hall–Kier alpha value is -1.63. The van der Waals surface area contributed by atoms with Crippen molar-refractivity contribution in [3.63, 3.8) is 0 Å². The highest BCUT2D eigenvalue weighted by atomic mass is 35.5. The summed E-state index contributed by atoms with van der Waals surface area (Å²) in [5, 5.41) is 8.99. The Morgan fingerprint density at radius 2 is 1.59 bits per heavy atom. The second kappa shape index (κ2) is 15.3. The first-order valence-corrected chi connectivity index (χ1v) is 11.4. The summed E-state index contributed by atoms with van der Waals surface area (Å²) < 4.78 is 6.27. The molecule has 1 unspecified atom stereocenters. The van der Waals surface area contributed by atoms with E-state index in [1.807, 2.05) is 18.2 Å². The molecule has 2 aromatic rings. The van der Waals surface area contributed by atoms with Crippen molar-refractivity contribution in [2.24, 2.45) is 11.7 Å². The van der Waals surface area contributed by atoms with Gasteiger partial charge in [0.25, 0.3) is 0 Å². The van der Waals surface area contributed by atoms with Crippen LogP contribution in [0.15, 0.2) is 54.6 Å². The second-order valence-corrected chi connectivity index (χ2v) is 8.66. The van der Waals surface area contributed by atoms with Crippen molar-refractivity contribution in [3.05, 3.63) is 70.7 Å². The molecule has 1 aliphatic heterocycles. The minimum atomic E-state index is -0.931. The van der Waals surface area contributed by atoms with Gasteiger partial charge in [0.1, 0.15) is 12.1 Å². The highest BCUT2D eigenvalue weighted by Crippen LogP contribution is 2.27. The molecule has 5 nitrogen and oxygen atoms in total. The number of hydrogen-bond donors (Lipinski definition) is 2. The lowest BCUT2D eigenvalue weighted by Crippen LogP contribution is -2.34. The number of carbonyl (C=O) groups is 1. The zero-order chi connectivity index (χ0) is 22.6. The van der Waals surface area contributed by atoms with E-state index in [1.54, 1.807) is 13.8 Å². The third-order valence-corrected chi connectivity index (χ3v) is 5.67. The summed E-state index contributed by atoms with van der Waals surface area (Å²) in [7, 11) is 0. The van der Waals surface area contributed by atoms with Gasteiger partial charge in [-0.05, 0) is 55.1 Å². The van der Waals surface area contributed by atoms with Gasteiger partial charge in [-0.25, -0.2) is 0 Å². The first-order chi connectivity index (χ1) is 14.9. The summed E-state index contributed by atoms with van der Waals surface area (Å²) in [4.78, 5) is 12.5. The molecule has 0 radical (unpaired) electrons. The number of carboxylic acid groups (broad SMARTS) is 1. The Labute approximate surface area is 203 Å². The van der Waals surface area contributed by atoms with Gasteiger partial charge in [-0.2, -0.15) is 0 Å². The van der Waals surface area contributed by atoms with Crippen LogP contribution in [0, 0.1) is 5.92 Å². The van der Waals surface area contributed by atoms with Crippen molar-refractivity contribution in [2.75, 3.05) is 26.2 Å². The average molecular weight is 483 g/mol. The van der Waals surface area contributed by atoms with Crippen LogP contribution in [0.3, 0.4) is 0 Å². The van der Waals surface area contributed by atoms with Crippen molar-refractivity contribution >= 4 is 30.0 Å². The standard InChI is InChI=1S/C20H24ClNO.C5H11NO2.ClH/c21-19-11-9-18(10-12-19)20(17-7-3-1-4-8-17)23-16-15-22-13-5-2-6-14-22;1-3(2)4(6)5(7)8;/h1,3-4,7-12,20H,2,5-6,13-16H2;3-4H,6H2,1-2H3,(H,7,8);1H/t;4-;/m.0./s1. The summed E-state index contributed by atoms with van der Waals surface area (Å²) in [5.41, 5.74) is 7.50. The van der Waals surface area contributed by atoms with Gasteiger partial charge < -0.3 is 20.5 Å². The quantitative estimate of drug-likeness (QED) is 0.525. The molecule has 3 N–H and O–H groups in total. The first-order valence-electron chi connectivity index (χ1n) is 11.0. The number of halogens is 2. The van der Waals surface area contributed by atoms with Crippen LogP contribution in [-0.4, -0.2) is 48.3 Å². The van der Waals surface area contributed by atoms with Crippen LogP contribution in [0.25, 0.3) is 0 Å². The van der Waals surface area contributed by atoms with Crippen LogP contribution in [-0.2, 0) is 9.53 Å². The van der Waals surface area contributed by atoms with E-state index in [9.17, 15) is 4.79 Å². The summed E-state index contributed by atoms with van der Waals surface area (Å²) >= 11 is 6.02. The molecule has 1 aliphatic rings. The molecule has 7 heteroatoms. The van der Waals surface area contributed by atoms with Gasteiger partial charge in [0.05, 0.1) is 6.61 Å². The molecular weight excluding hydrogens is 447 g/mol. The number of likely N-dealkylation sites (tertiary alicyclic amines) is 1. The van der Waals surface area contributed by atoms with Crippen LogP contribution >= 0.6 is 24.0 Å². The van der Waals surface area contributed by atoms with E-state index < -0.39 is 12.0 Å². The number of piperidine rings is 1. The Balaban J connectivity index is 0.000000491. The molecule has 0 amide bonds. The van der Waals surface area contributed by atoms with Crippen LogP contribution in [0.4, 0.5) is 0 Å². The molecule has 1 fully saturated rings. The largest absolute Gasteiger partial charge is 0.480 e. The van der Waals surface area contributed by atoms with E-state index in [4.69, 9.17) is 27.2 Å². The van der Waals surface area contributed by atoms with E-state index >= 15 is 0 Å². The molecule has 2 atom stereocenters. The minimum absolute atomic E-state index is 0. The van der Waals surface area contributed by atoms with E-state index in [0.717, 1.165) is 23.7 Å². The van der Waals surface area contributed by atoms with Gasteiger partial charge in [-0.15, -0.1) is 12.4 Å². The van der Waals surface area contributed by atoms with Crippen LogP contribution in [0.1, 0.15) is 50.3 Å². The van der Waals surface area contributed by atoms with E-state index in [1.165, 1.54) is 37.9 Å². The Kier molecular flexibility index (Phi) is 13.5. The number of ether oxygens (including phenoxy) is 1. The SMILES string of the molecule is CC(C)[C@H](N)C(=O)O.Cl.Clc1ccc(C(OCCN2CCCCC2)c2ccccc2)cc1. The van der Waals surface area contributed by atoms with Gasteiger partial charge in [0.2, 0.25) is 0 Å². The maximum atomic E-state index is 10.0. The number of benzene rings is 2. The maximum absolute atomic E-state index is 10.0. The molecule has 1 heterocycles. The number of carboxylic acids is 1. The lowest BCUT2D eigenvalue weighted by molar-refractivity contribution is -0.139. The van der Waals surface area contributed by atoms with Gasteiger partial charge in [-0.1, -0.05) is 74.3 Å². The van der Waals surface area contributed by atoms with Crippen LogP contribution in [0.2, 0.25) is 5.02 Å². The van der Waals surface area contributed by atoms with E-state index in [2.05, 4.69) is 41.3 Å². The number of rotatable bonds is 8. The molecule has 3 rings (SSSR count). The molecular formula is C25H36Cl2N2O3. The molecule has 1 saturated heterocycles. The molecule has 0 saturated carbocycles. The van der Waals surface area contributed by atoms with Crippen molar-refractivity contribution in [1.29, 1.82) is 0 Å². The molecule has 0 bridgehead atoms. The van der Waals surface area contributed by atoms with E-state index in [0.29, 0.717) is 0 Å². The molecule has 32 heavy (non-hydrogen) atoms. The van der Waals surface area contributed by atoms with Crippen molar-refractivity contribution in [1.82, 2.24) is 4.90 Å². The third-order valence-electron chi connectivity index (χ3n) is 5.42. The first kappa shape index (κ1) is 28.4. The fraction of sp³-hybridized carbons (Fsp3) is 0.480. The smallest absolute Gasteiger partial charge is 0.320 e. The third kappa shape index (κ3) is 9.88. The zero-order valence-electron chi connectivity index (χ0n) is 19.0. The lowest BCUT2D eigenvalue weighted by Gasteiger charge is -2.27. The zero-order valence-corrected chi connectivity index (χ0v) is 20.5. The molecule has 0 aromatic heterocycles. The predicted molar refractivity (Wildman–Crippen MR) is 134 cm³/mol. The highest BCUT2D eigenvalue weighted by molar-refractivity contribution is 6.30. The van der Waals surface area contributed by atoms with Crippen molar-refractivity contribution in [2.45, 2.75) is 45.3 Å². The molecule has 178 valence electrons. The number of nitrogens with two attached hydrogens (primary N) is 1. The second-order valence-electron chi connectivity index (χ2n) is 8.22. The Bertz CT molecular complexity index is 767. The number of hydrogen-bond acceptors (Lipinski definition) is 4. The fourth-order valence-electron chi connectivity index (χ4n) is 3.42. The van der Waals surface area contributed by atoms with Gasteiger partial charge >= 0.3 is 5.97 Å². The van der Waals surface area contributed by atoms with Gasteiger partial charge in [-0.3, -0.25) is 4.79 Å². The summed E-state index contributed by atoms with van der Waals surface area (Å²) in [6.45, 7) is 7.73. The van der Waals surface area contributed by atoms with Crippen molar-refractivity contribution < 1.29 is 14.6 Å². The number of nitrogens with zero attached hydrogens (tertiary/aromatic N) is 1. The average Bonchev–Trinajstić information content (AvgIpc) is 2.78. The summed E-state index contributed by atoms with van der Waals surface area (Å²) in [6, 6.07) is 17.7. The van der Waals surface area contributed by atoms with Gasteiger partial charge in [0, 0.05) is 11.6 Å². The van der Waals surface area contributed by atoms with Gasteiger partial charge in [0.15, 0.2) is 0 Å². The highest BCUT2D eigenvalue weighted by Gasteiger charge is 2.16. The summed E-state index contributed by atoms with van der Waals surface area (Å²) in [6.07, 6.45) is 3.98. The monoisotopic (exact) mass is 482 g/mol. The number of aliphatic carboxylic acids is 1.